The number of aliphatic hydroxyl groups is 1. The first-order valence-electron chi connectivity index (χ1n) is 15.3. The van der Waals surface area contributed by atoms with E-state index in [9.17, 15) is 19.5 Å². The Hall–Kier alpha value is -2.45. The summed E-state index contributed by atoms with van der Waals surface area (Å²) in [6.45, 7) is 17.4. The van der Waals surface area contributed by atoms with Crippen molar-refractivity contribution >= 4 is 25.9 Å². The topological polar surface area (TPSA) is 93.1 Å². The molecule has 2 aliphatic rings. The van der Waals surface area contributed by atoms with Crippen LogP contribution in [0.1, 0.15) is 93.1 Å². The Morgan fingerprint density at radius 2 is 1.54 bits per heavy atom. The normalized spacial score (nSPS) is 23.0. The van der Waals surface area contributed by atoms with Crippen molar-refractivity contribution in [3.05, 3.63) is 47.3 Å². The molecule has 0 saturated heterocycles. The number of hydrogen-bond acceptors (Lipinski definition) is 6. The average Bonchev–Trinajstić information content (AvgIpc) is 2.93. The molecule has 1 N–H and O–H groups in total. The fourth-order valence-electron chi connectivity index (χ4n) is 8.06. The van der Waals surface area contributed by atoms with Crippen LogP contribution in [0, 0.1) is 5.92 Å². The molecule has 4 atom stereocenters. The minimum Gasteiger partial charge on any atom is -0.467 e. The number of esters is 1. The molecule has 1 heterocycles. The van der Waals surface area contributed by atoms with Gasteiger partial charge in [0.25, 0.3) is 0 Å². The first kappa shape index (κ1) is 33.1. The summed E-state index contributed by atoms with van der Waals surface area (Å²) < 4.78 is 11.1. The highest BCUT2D eigenvalue weighted by atomic mass is 28.3. The number of ketones is 1. The van der Waals surface area contributed by atoms with E-state index in [0.29, 0.717) is 5.20 Å². The van der Waals surface area contributed by atoms with Crippen LogP contribution in [0.3, 0.4) is 0 Å². The van der Waals surface area contributed by atoms with E-state index in [1.807, 2.05) is 18.2 Å². The lowest BCUT2D eigenvalue weighted by Crippen LogP contribution is -2.57. The SMILES string of the molecule is COC(=O)[C@@H](O)[C@@H]1CC(=O)C([Si](C(C)C)(C(C)C)C(C)C)=CN1C(=O)O[C@@H]1CCCC[C@H]1C(C)(C)c1ccccc1. The predicted molar refractivity (Wildman–Crippen MR) is 164 cm³/mol. The third-order valence-corrected chi connectivity index (χ3v) is 17.1. The van der Waals surface area contributed by atoms with Crippen LogP contribution in [-0.2, 0) is 24.5 Å². The third-order valence-electron chi connectivity index (χ3n) is 10.1. The quantitative estimate of drug-likeness (QED) is 0.249. The highest BCUT2D eigenvalue weighted by Gasteiger charge is 2.52. The van der Waals surface area contributed by atoms with Crippen LogP contribution in [0.2, 0.25) is 16.6 Å². The monoisotopic (exact) mass is 585 g/mol. The minimum absolute atomic E-state index is 0.0944. The molecule has 1 aliphatic carbocycles. The van der Waals surface area contributed by atoms with Crippen LogP contribution < -0.4 is 0 Å². The zero-order valence-electron chi connectivity index (χ0n) is 26.5. The fourth-order valence-corrected chi connectivity index (χ4v) is 14.9. The van der Waals surface area contributed by atoms with Gasteiger partial charge >= 0.3 is 12.1 Å². The molecule has 0 unspecified atom stereocenters. The number of aliphatic hydroxyl groups excluding tert-OH is 1. The summed E-state index contributed by atoms with van der Waals surface area (Å²) >= 11 is 0. The summed E-state index contributed by atoms with van der Waals surface area (Å²) in [5.41, 5.74) is 1.69. The summed E-state index contributed by atoms with van der Waals surface area (Å²) in [4.78, 5) is 41.7. The van der Waals surface area contributed by atoms with Crippen LogP contribution in [0.4, 0.5) is 4.79 Å². The number of hydrogen-bond donors (Lipinski definition) is 1. The van der Waals surface area contributed by atoms with Gasteiger partial charge in [0.05, 0.1) is 13.2 Å². The maximum absolute atomic E-state index is 14.1. The van der Waals surface area contributed by atoms with Crippen molar-refractivity contribution in [2.24, 2.45) is 5.92 Å². The maximum atomic E-state index is 14.1. The second-order valence-corrected chi connectivity index (χ2v) is 19.3. The van der Waals surface area contributed by atoms with Crippen molar-refractivity contribution in [3.8, 4) is 0 Å². The van der Waals surface area contributed by atoms with E-state index in [4.69, 9.17) is 9.47 Å². The van der Waals surface area contributed by atoms with Gasteiger partial charge in [-0.1, -0.05) is 92.1 Å². The van der Waals surface area contributed by atoms with Crippen molar-refractivity contribution in [1.82, 2.24) is 4.90 Å². The Morgan fingerprint density at radius 1 is 0.976 bits per heavy atom. The highest BCUT2D eigenvalue weighted by Crippen LogP contribution is 2.48. The van der Waals surface area contributed by atoms with E-state index < -0.39 is 32.3 Å². The van der Waals surface area contributed by atoms with E-state index in [1.165, 1.54) is 17.6 Å². The molecular formula is C33H51NO6Si. The molecule has 1 aromatic carbocycles. The number of nitrogens with zero attached hydrogens (tertiary/aromatic N) is 1. The van der Waals surface area contributed by atoms with Gasteiger partial charge < -0.3 is 14.6 Å². The second kappa shape index (κ2) is 13.2. The molecule has 3 rings (SSSR count). The largest absolute Gasteiger partial charge is 0.467 e. The number of Topliss-reactive ketones (excluding diaryl/α,β-unsaturated/α-hetero) is 1. The Bertz CT molecular complexity index is 1090. The Labute approximate surface area is 247 Å². The van der Waals surface area contributed by atoms with Crippen LogP contribution in [0.25, 0.3) is 0 Å². The highest BCUT2D eigenvalue weighted by molar-refractivity contribution is 6.93. The summed E-state index contributed by atoms with van der Waals surface area (Å²) in [6.07, 6.45) is 2.55. The van der Waals surface area contributed by atoms with Crippen LogP contribution in [0.5, 0.6) is 0 Å². The average molecular weight is 586 g/mol. The van der Waals surface area contributed by atoms with Gasteiger partial charge in [-0.05, 0) is 52.1 Å². The molecule has 8 heteroatoms. The maximum Gasteiger partial charge on any atom is 0.414 e. The van der Waals surface area contributed by atoms with Gasteiger partial charge in [0.2, 0.25) is 0 Å². The Kier molecular flexibility index (Phi) is 10.7. The number of methoxy groups -OCH3 is 1. The van der Waals surface area contributed by atoms with Crippen molar-refractivity contribution in [2.45, 2.75) is 128 Å². The number of rotatable bonds is 9. The molecule has 1 saturated carbocycles. The summed E-state index contributed by atoms with van der Waals surface area (Å²) in [5.74, 6) is -0.888. The second-order valence-electron chi connectivity index (χ2n) is 13.4. The summed E-state index contributed by atoms with van der Waals surface area (Å²) in [7, 11) is -1.27. The lowest BCUT2D eigenvalue weighted by atomic mass is 9.66. The molecule has 1 aromatic rings. The first-order chi connectivity index (χ1) is 19.2. The number of carbonyl (C=O) groups is 3. The number of benzene rings is 1. The van der Waals surface area contributed by atoms with E-state index in [1.54, 1.807) is 6.20 Å². The lowest BCUT2D eigenvalue weighted by Gasteiger charge is -2.47. The van der Waals surface area contributed by atoms with Gasteiger partial charge in [-0.2, -0.15) is 0 Å². The van der Waals surface area contributed by atoms with Crippen LogP contribution in [0.15, 0.2) is 41.7 Å². The number of amides is 1. The first-order valence-corrected chi connectivity index (χ1v) is 17.5. The Balaban J connectivity index is 2.06. The molecule has 41 heavy (non-hydrogen) atoms. The van der Waals surface area contributed by atoms with Gasteiger partial charge in [0, 0.05) is 18.5 Å². The summed E-state index contributed by atoms with van der Waals surface area (Å²) in [6, 6.07) is 9.22. The zero-order chi connectivity index (χ0) is 30.7. The molecule has 0 spiro atoms. The lowest BCUT2D eigenvalue weighted by molar-refractivity contribution is -0.154. The van der Waals surface area contributed by atoms with Crippen LogP contribution in [-0.4, -0.2) is 61.3 Å². The summed E-state index contributed by atoms with van der Waals surface area (Å²) in [5, 5.41) is 11.6. The number of carbonyl (C=O) groups excluding carboxylic acids is 3. The van der Waals surface area contributed by atoms with E-state index >= 15 is 0 Å². The van der Waals surface area contributed by atoms with Gasteiger partial charge in [0.1, 0.15) is 14.2 Å². The van der Waals surface area contributed by atoms with Gasteiger partial charge in [-0.25, -0.2) is 9.59 Å². The van der Waals surface area contributed by atoms with Gasteiger partial charge in [0.15, 0.2) is 11.9 Å². The number of allylic oxidation sites excluding steroid dienone is 1. The standard InChI is InChI=1S/C33H51NO6Si/c1-21(2)41(22(3)4,23(5)6)29-20-34(26(19-27(29)35)30(36)31(37)39-9)32(38)40-28-18-14-13-17-25(28)33(7,8)24-15-11-10-12-16-24/h10-12,15-16,20-23,25-26,28,30,36H,13-14,17-19H2,1-9H3/t25-,26+,28-,30+/m1/s1. The predicted octanol–water partition coefficient (Wildman–Crippen LogP) is 6.94. The smallest absolute Gasteiger partial charge is 0.414 e. The van der Waals surface area contributed by atoms with E-state index in [2.05, 4.69) is 67.5 Å². The molecule has 228 valence electrons. The molecule has 7 nitrogen and oxygen atoms in total. The van der Waals surface area contributed by atoms with Crippen molar-refractivity contribution in [2.75, 3.05) is 7.11 Å². The molecule has 0 bridgehead atoms. The molecule has 1 fully saturated rings. The van der Waals surface area contributed by atoms with Gasteiger partial charge in [-0.3, -0.25) is 9.69 Å². The van der Waals surface area contributed by atoms with Crippen LogP contribution >= 0.6 is 0 Å². The fraction of sp³-hybridized carbons (Fsp3) is 0.667. The molecule has 0 aromatic heterocycles. The van der Waals surface area contributed by atoms with E-state index in [0.717, 1.165) is 25.7 Å². The minimum atomic E-state index is -2.45. The van der Waals surface area contributed by atoms with Crippen molar-refractivity contribution < 1.29 is 29.0 Å². The zero-order valence-corrected chi connectivity index (χ0v) is 27.5. The molecule has 0 radical (unpaired) electrons. The Morgan fingerprint density at radius 3 is 2.07 bits per heavy atom. The third kappa shape index (κ3) is 6.33. The molecule has 1 aliphatic heterocycles. The molecule has 1 amide bonds. The van der Waals surface area contributed by atoms with Crippen molar-refractivity contribution in [3.63, 3.8) is 0 Å². The molecular weight excluding hydrogens is 534 g/mol. The van der Waals surface area contributed by atoms with E-state index in [-0.39, 0.29) is 46.3 Å². The van der Waals surface area contributed by atoms with Crippen molar-refractivity contribution in [1.29, 1.82) is 0 Å². The number of ether oxygens (including phenoxy) is 2. The van der Waals surface area contributed by atoms with Gasteiger partial charge in [-0.15, -0.1) is 0 Å².